The van der Waals surface area contributed by atoms with Crippen molar-refractivity contribution in [2.24, 2.45) is 0 Å². The van der Waals surface area contributed by atoms with Gasteiger partial charge in [0, 0.05) is 5.56 Å². The largest absolute Gasteiger partial charge is 0.522 e. The molecule has 0 bridgehead atoms. The first-order chi connectivity index (χ1) is 8.38. The molecule has 0 aliphatic rings. The number of alkyl halides is 3. The van der Waals surface area contributed by atoms with Gasteiger partial charge in [-0.3, -0.25) is 9.53 Å². The van der Waals surface area contributed by atoms with Crippen molar-refractivity contribution in [2.45, 2.75) is 12.8 Å². The molecule has 7 heteroatoms. The number of carboxylic acids is 1. The Morgan fingerprint density at radius 2 is 1.89 bits per heavy atom. The molecule has 0 unspecified atom stereocenters. The molecule has 0 aliphatic carbocycles. The highest BCUT2D eigenvalue weighted by Gasteiger charge is 2.28. The first kappa shape index (κ1) is 14.3. The summed E-state index contributed by atoms with van der Waals surface area (Å²) in [5, 5.41) is 8.64. The lowest BCUT2D eigenvalue weighted by molar-refractivity contribution is -0.325. The number of hydrogen-bond donors (Lipinski definition) is 1. The van der Waals surface area contributed by atoms with Crippen LogP contribution in [0.15, 0.2) is 24.3 Å². The third kappa shape index (κ3) is 5.53. The molecule has 1 N–H and O–H groups in total. The summed E-state index contributed by atoms with van der Waals surface area (Å²) >= 11 is 0. The number of rotatable bonds is 6. The first-order valence-electron chi connectivity index (χ1n) is 5.01. The minimum atomic E-state index is -4.69. The molecule has 100 valence electrons. The maximum absolute atomic E-state index is 11.7. The van der Waals surface area contributed by atoms with Gasteiger partial charge < -0.3 is 9.84 Å². The van der Waals surface area contributed by atoms with Gasteiger partial charge in [0.15, 0.2) is 0 Å². The molecule has 0 aromatic heterocycles. The van der Waals surface area contributed by atoms with Gasteiger partial charge in [-0.2, -0.15) is 0 Å². The van der Waals surface area contributed by atoms with E-state index in [1.165, 1.54) is 12.1 Å². The van der Waals surface area contributed by atoms with Crippen molar-refractivity contribution in [3.8, 4) is 5.75 Å². The van der Waals surface area contributed by atoms with Crippen molar-refractivity contribution in [3.63, 3.8) is 0 Å². The second kappa shape index (κ2) is 6.25. The molecule has 0 radical (unpaired) electrons. The molecule has 0 heterocycles. The van der Waals surface area contributed by atoms with Gasteiger partial charge in [0.2, 0.25) is 0 Å². The number of halogens is 3. The average Bonchev–Trinajstić information content (AvgIpc) is 2.24. The summed E-state index contributed by atoms with van der Waals surface area (Å²) in [7, 11) is 0. The van der Waals surface area contributed by atoms with Gasteiger partial charge in [-0.1, -0.05) is 18.2 Å². The quantitative estimate of drug-likeness (QED) is 0.800. The topological polar surface area (TPSA) is 55.8 Å². The van der Waals surface area contributed by atoms with Crippen LogP contribution in [0.3, 0.4) is 0 Å². The van der Waals surface area contributed by atoms with E-state index >= 15 is 0 Å². The molecule has 0 amide bonds. The Bertz CT molecular complexity index is 404. The molecule has 0 spiro atoms. The van der Waals surface area contributed by atoms with Gasteiger partial charge in [-0.05, 0) is 6.07 Å². The summed E-state index contributed by atoms with van der Waals surface area (Å²) < 4.78 is 43.6. The minimum Gasteiger partial charge on any atom is -0.491 e. The smallest absolute Gasteiger partial charge is 0.491 e. The van der Waals surface area contributed by atoms with Crippen LogP contribution in [0.1, 0.15) is 5.56 Å². The second-order valence-electron chi connectivity index (χ2n) is 3.32. The van der Waals surface area contributed by atoms with Crippen LogP contribution in [0.4, 0.5) is 13.2 Å². The van der Waals surface area contributed by atoms with Gasteiger partial charge >= 0.3 is 12.3 Å². The summed E-state index contributed by atoms with van der Waals surface area (Å²) in [6.07, 6.45) is -4.94. The molecule has 0 atom stereocenters. The second-order valence-corrected chi connectivity index (χ2v) is 3.32. The van der Waals surface area contributed by atoms with Crippen molar-refractivity contribution in [3.05, 3.63) is 29.8 Å². The van der Waals surface area contributed by atoms with E-state index < -0.39 is 18.9 Å². The van der Waals surface area contributed by atoms with Crippen molar-refractivity contribution >= 4 is 5.97 Å². The van der Waals surface area contributed by atoms with Gasteiger partial charge in [-0.25, -0.2) is 0 Å². The van der Waals surface area contributed by atoms with Crippen LogP contribution < -0.4 is 4.74 Å². The van der Waals surface area contributed by atoms with E-state index in [9.17, 15) is 18.0 Å². The number of aliphatic carboxylic acids is 1. The van der Waals surface area contributed by atoms with Crippen LogP contribution in [-0.2, 0) is 16.0 Å². The zero-order valence-electron chi connectivity index (χ0n) is 9.24. The zero-order chi connectivity index (χ0) is 13.6. The highest BCUT2D eigenvalue weighted by atomic mass is 19.4. The number of ether oxygens (including phenoxy) is 2. The third-order valence-corrected chi connectivity index (χ3v) is 1.92. The Kier molecular flexibility index (Phi) is 4.96. The zero-order valence-corrected chi connectivity index (χ0v) is 9.24. The predicted octanol–water partition coefficient (Wildman–Crippen LogP) is 2.23. The number of carbonyl (C=O) groups is 1. The van der Waals surface area contributed by atoms with Gasteiger partial charge in [0.05, 0.1) is 13.0 Å². The van der Waals surface area contributed by atoms with E-state index in [-0.39, 0.29) is 18.8 Å². The molecule has 0 saturated heterocycles. The molecule has 0 fully saturated rings. The average molecular weight is 264 g/mol. The summed E-state index contributed by atoms with van der Waals surface area (Å²) in [5.74, 6) is -0.803. The van der Waals surface area contributed by atoms with Crippen molar-refractivity contribution in [2.75, 3.05) is 13.2 Å². The van der Waals surface area contributed by atoms with Crippen LogP contribution >= 0.6 is 0 Å². The van der Waals surface area contributed by atoms with E-state index in [2.05, 4.69) is 4.74 Å². The van der Waals surface area contributed by atoms with Crippen molar-refractivity contribution < 1.29 is 32.5 Å². The van der Waals surface area contributed by atoms with E-state index in [0.29, 0.717) is 5.56 Å². The fourth-order valence-electron chi connectivity index (χ4n) is 1.26. The highest BCUT2D eigenvalue weighted by molar-refractivity contribution is 5.71. The van der Waals surface area contributed by atoms with Crippen LogP contribution in [0.2, 0.25) is 0 Å². The summed E-state index contributed by atoms with van der Waals surface area (Å²) in [6, 6.07) is 6.25. The summed E-state index contributed by atoms with van der Waals surface area (Å²) in [5.41, 5.74) is 0.400. The number of carboxylic acid groups (broad SMARTS) is 1. The molecule has 1 rings (SSSR count). The van der Waals surface area contributed by atoms with E-state index in [1.54, 1.807) is 12.1 Å². The Morgan fingerprint density at radius 1 is 1.22 bits per heavy atom. The first-order valence-corrected chi connectivity index (χ1v) is 5.01. The Balaban J connectivity index is 2.49. The Labute approximate surface area is 101 Å². The van der Waals surface area contributed by atoms with Crippen LogP contribution in [-0.4, -0.2) is 30.7 Å². The fraction of sp³-hybridized carbons (Fsp3) is 0.364. The molecule has 0 saturated carbocycles. The number of benzene rings is 1. The number of para-hydroxylation sites is 1. The standard InChI is InChI=1S/C11H11F3O4/c12-11(13,14)18-6-5-17-9-4-2-1-3-8(9)7-10(15)16/h1-4H,5-7H2,(H,15,16). The van der Waals surface area contributed by atoms with E-state index in [4.69, 9.17) is 9.84 Å². The monoisotopic (exact) mass is 264 g/mol. The third-order valence-electron chi connectivity index (χ3n) is 1.92. The SMILES string of the molecule is O=C(O)Cc1ccccc1OCCOC(F)(F)F. The molecular formula is C11H11F3O4. The van der Waals surface area contributed by atoms with Crippen LogP contribution in [0.25, 0.3) is 0 Å². The minimum absolute atomic E-state index is 0.241. The summed E-state index contributed by atoms with van der Waals surface area (Å²) in [4.78, 5) is 10.6. The molecule has 4 nitrogen and oxygen atoms in total. The lowest BCUT2D eigenvalue weighted by Gasteiger charge is -2.11. The van der Waals surface area contributed by atoms with Crippen LogP contribution in [0, 0.1) is 0 Å². The van der Waals surface area contributed by atoms with Gasteiger partial charge in [-0.15, -0.1) is 13.2 Å². The maximum Gasteiger partial charge on any atom is 0.522 e. The molecule has 18 heavy (non-hydrogen) atoms. The highest BCUT2D eigenvalue weighted by Crippen LogP contribution is 2.19. The molecule has 1 aromatic carbocycles. The van der Waals surface area contributed by atoms with E-state index in [0.717, 1.165) is 0 Å². The summed E-state index contributed by atoms with van der Waals surface area (Å²) in [6.45, 7) is -0.957. The lowest BCUT2D eigenvalue weighted by atomic mass is 10.1. The normalized spacial score (nSPS) is 11.3. The fourth-order valence-corrected chi connectivity index (χ4v) is 1.26. The molecular weight excluding hydrogens is 253 g/mol. The van der Waals surface area contributed by atoms with E-state index in [1.807, 2.05) is 0 Å². The number of hydrogen-bond acceptors (Lipinski definition) is 3. The van der Waals surface area contributed by atoms with Gasteiger partial charge in [0.25, 0.3) is 0 Å². The maximum atomic E-state index is 11.7. The molecule has 0 aliphatic heterocycles. The Hall–Kier alpha value is -1.76. The van der Waals surface area contributed by atoms with Crippen molar-refractivity contribution in [1.29, 1.82) is 0 Å². The van der Waals surface area contributed by atoms with Crippen molar-refractivity contribution in [1.82, 2.24) is 0 Å². The predicted molar refractivity (Wildman–Crippen MR) is 55.3 cm³/mol. The van der Waals surface area contributed by atoms with Crippen LogP contribution in [0.5, 0.6) is 5.75 Å². The van der Waals surface area contributed by atoms with Gasteiger partial charge in [0.1, 0.15) is 12.4 Å². The molecule has 1 aromatic rings. The lowest BCUT2D eigenvalue weighted by Crippen LogP contribution is -2.18. The Morgan fingerprint density at radius 3 is 2.50 bits per heavy atom.